The van der Waals surface area contributed by atoms with E-state index in [1.807, 2.05) is 22.6 Å². The maximum atomic E-state index is 14.6. The largest absolute Gasteiger partial charge is 0.350 e. The quantitative estimate of drug-likeness (QED) is 0.493. The third-order valence-electron chi connectivity index (χ3n) is 4.53. The molecule has 0 bridgehead atoms. The highest BCUT2D eigenvalue weighted by Crippen LogP contribution is 2.34. The van der Waals surface area contributed by atoms with Crippen molar-refractivity contribution < 1.29 is 25.6 Å². The zero-order valence-corrected chi connectivity index (χ0v) is 20.6. The van der Waals surface area contributed by atoms with E-state index in [-0.39, 0.29) is 42.6 Å². The summed E-state index contributed by atoms with van der Waals surface area (Å²) in [6.07, 6.45) is 1.05. The van der Waals surface area contributed by atoms with Crippen LogP contribution in [0.15, 0.2) is 30.3 Å². The first-order chi connectivity index (χ1) is 14.4. The van der Waals surface area contributed by atoms with Crippen LogP contribution in [-0.2, 0) is 20.2 Å². The Morgan fingerprint density at radius 3 is 2.13 bits per heavy atom. The predicted octanol–water partition coefficient (Wildman–Crippen LogP) is 3.20. The Labute approximate surface area is 197 Å². The monoisotopic (exact) mass is 606 g/mol. The number of anilines is 3. The van der Waals surface area contributed by atoms with Gasteiger partial charge in [0, 0.05) is 29.7 Å². The maximum Gasteiger partial charge on any atom is 0.301 e. The summed E-state index contributed by atoms with van der Waals surface area (Å²) in [5, 5.41) is 2.88. The summed E-state index contributed by atoms with van der Waals surface area (Å²) in [4.78, 5) is 0. The van der Waals surface area contributed by atoms with Gasteiger partial charge < -0.3 is 5.32 Å². The highest BCUT2D eigenvalue weighted by molar-refractivity contribution is 14.1. The minimum Gasteiger partial charge on any atom is -0.350 e. The van der Waals surface area contributed by atoms with Crippen molar-refractivity contribution in [2.75, 3.05) is 42.5 Å². The van der Waals surface area contributed by atoms with Crippen LogP contribution in [0.4, 0.5) is 25.8 Å². The summed E-state index contributed by atoms with van der Waals surface area (Å²) in [5.41, 5.74) is -0.394. The second-order valence-corrected chi connectivity index (χ2v) is 12.0. The van der Waals surface area contributed by atoms with Crippen molar-refractivity contribution in [3.63, 3.8) is 0 Å². The number of halogens is 4. The van der Waals surface area contributed by atoms with Crippen LogP contribution in [-0.4, -0.2) is 57.9 Å². The smallest absolute Gasteiger partial charge is 0.301 e. The average Bonchev–Trinajstić information content (AvgIpc) is 2.68. The Kier molecular flexibility index (Phi) is 7.32. The van der Waals surface area contributed by atoms with Gasteiger partial charge in [-0.3, -0.25) is 4.72 Å². The first-order valence-corrected chi connectivity index (χ1v) is 13.6. The summed E-state index contributed by atoms with van der Waals surface area (Å²) < 4.78 is 82.5. The zero-order chi connectivity index (χ0) is 23.0. The van der Waals surface area contributed by atoms with Gasteiger partial charge in [0.05, 0.1) is 22.7 Å². The molecule has 0 radical (unpaired) electrons. The molecule has 170 valence electrons. The number of benzene rings is 2. The Hall–Kier alpha value is -1.26. The van der Waals surface area contributed by atoms with Gasteiger partial charge in [0.25, 0.3) is 0 Å². The van der Waals surface area contributed by atoms with Gasteiger partial charge >= 0.3 is 10.2 Å². The molecule has 2 aromatic rings. The van der Waals surface area contributed by atoms with E-state index in [2.05, 4.69) is 10.0 Å². The van der Waals surface area contributed by atoms with Crippen molar-refractivity contribution in [2.45, 2.75) is 0 Å². The zero-order valence-electron chi connectivity index (χ0n) is 16.1. The number of hydrogen-bond acceptors (Lipinski definition) is 5. The predicted molar refractivity (Wildman–Crippen MR) is 124 cm³/mol. The Morgan fingerprint density at radius 1 is 0.968 bits per heavy atom. The molecule has 0 atom stereocenters. The third kappa shape index (κ3) is 5.76. The number of nitrogens with zero attached hydrogens (tertiary/aromatic N) is 2. The fraction of sp³-hybridized carbons (Fsp3) is 0.294. The number of nitrogens with one attached hydrogen (secondary N) is 2. The molecular formula is C17H18ClF2IN4O4S2. The lowest BCUT2D eigenvalue weighted by molar-refractivity contribution is 0.275. The molecule has 14 heteroatoms. The summed E-state index contributed by atoms with van der Waals surface area (Å²) >= 11 is 8.18. The van der Waals surface area contributed by atoms with Crippen molar-refractivity contribution in [1.29, 1.82) is 0 Å². The normalized spacial score (nSPS) is 16.3. The third-order valence-corrected chi connectivity index (χ3v) is 8.34. The molecule has 0 spiro atoms. The van der Waals surface area contributed by atoms with E-state index in [0.717, 1.165) is 26.3 Å². The topological polar surface area (TPSA) is 98.8 Å². The van der Waals surface area contributed by atoms with Crippen LogP contribution in [0.2, 0.25) is 5.02 Å². The molecule has 0 unspecified atom stereocenters. The molecule has 1 aliphatic heterocycles. The maximum absolute atomic E-state index is 14.6. The molecule has 0 saturated carbocycles. The number of sulfonamides is 1. The van der Waals surface area contributed by atoms with Crippen molar-refractivity contribution in [3.05, 3.63) is 50.6 Å². The van der Waals surface area contributed by atoms with Crippen molar-refractivity contribution >= 4 is 71.5 Å². The van der Waals surface area contributed by atoms with Gasteiger partial charge in [-0.2, -0.15) is 17.0 Å². The molecule has 0 aromatic heterocycles. The molecule has 0 aliphatic carbocycles. The van der Waals surface area contributed by atoms with Crippen molar-refractivity contribution in [2.24, 2.45) is 0 Å². The number of hydrogen-bond donors (Lipinski definition) is 2. The van der Waals surface area contributed by atoms with Gasteiger partial charge in [-0.1, -0.05) is 11.6 Å². The molecule has 3 rings (SSSR count). The van der Waals surface area contributed by atoms with E-state index in [1.54, 1.807) is 18.2 Å². The highest BCUT2D eigenvalue weighted by atomic mass is 127. The van der Waals surface area contributed by atoms with Crippen molar-refractivity contribution in [3.8, 4) is 0 Å². The fourth-order valence-electron chi connectivity index (χ4n) is 2.93. The molecule has 1 heterocycles. The summed E-state index contributed by atoms with van der Waals surface area (Å²) in [7, 11) is -7.60. The Morgan fingerprint density at radius 2 is 1.55 bits per heavy atom. The van der Waals surface area contributed by atoms with Crippen LogP contribution >= 0.6 is 34.2 Å². The standard InChI is InChI=1S/C17H18ClF2IN4O4S2/c1-30(26,27)24-6-8-25(9-7-24)31(28,29)23-15-5-3-13(19)16(20)17(15)22-14-4-2-11(21)10-12(14)18/h2-5,10,22-23H,6-9H2,1H3. The molecule has 1 fully saturated rings. The van der Waals surface area contributed by atoms with E-state index in [1.165, 1.54) is 4.31 Å². The molecule has 8 nitrogen and oxygen atoms in total. The summed E-state index contributed by atoms with van der Waals surface area (Å²) in [6, 6.07) is 6.74. The first kappa shape index (κ1) is 24.4. The molecule has 2 aromatic carbocycles. The summed E-state index contributed by atoms with van der Waals surface area (Å²) in [5.74, 6) is -2.45. The number of rotatable bonds is 6. The molecule has 1 saturated heterocycles. The van der Waals surface area contributed by atoms with Gasteiger partial charge in [-0.05, 0) is 52.9 Å². The first-order valence-electron chi connectivity index (χ1n) is 8.81. The van der Waals surface area contributed by atoms with E-state index in [0.29, 0.717) is 0 Å². The molecular weight excluding hydrogens is 589 g/mol. The number of piperazine rings is 1. The van der Waals surface area contributed by atoms with E-state index >= 15 is 0 Å². The van der Waals surface area contributed by atoms with Gasteiger partial charge in [-0.15, -0.1) is 0 Å². The lowest BCUT2D eigenvalue weighted by atomic mass is 10.2. The minimum absolute atomic E-state index is 0.0130. The molecule has 1 aliphatic rings. The Bertz CT molecular complexity index is 1210. The van der Waals surface area contributed by atoms with Crippen molar-refractivity contribution in [1.82, 2.24) is 8.61 Å². The molecule has 2 N–H and O–H groups in total. The average molecular weight is 607 g/mol. The van der Waals surface area contributed by atoms with Crippen LogP contribution < -0.4 is 10.0 Å². The van der Waals surface area contributed by atoms with Gasteiger partial charge in [-0.25, -0.2) is 17.2 Å². The lowest BCUT2D eigenvalue weighted by Gasteiger charge is -2.32. The molecule has 31 heavy (non-hydrogen) atoms. The van der Waals surface area contributed by atoms with E-state index in [4.69, 9.17) is 11.6 Å². The van der Waals surface area contributed by atoms with Crippen LogP contribution in [0, 0.1) is 15.2 Å². The second-order valence-electron chi connectivity index (χ2n) is 6.70. The van der Waals surface area contributed by atoms with E-state index < -0.39 is 37.6 Å². The lowest BCUT2D eigenvalue weighted by Crippen LogP contribution is -2.51. The second kappa shape index (κ2) is 9.31. The van der Waals surface area contributed by atoms with E-state index in [9.17, 15) is 25.6 Å². The van der Waals surface area contributed by atoms with Crippen LogP contribution in [0.5, 0.6) is 0 Å². The van der Waals surface area contributed by atoms with Crippen LogP contribution in [0.1, 0.15) is 0 Å². The summed E-state index contributed by atoms with van der Waals surface area (Å²) in [6.45, 7) is -0.197. The van der Waals surface area contributed by atoms with Gasteiger partial charge in [0.2, 0.25) is 10.0 Å². The van der Waals surface area contributed by atoms with Crippen LogP contribution in [0.25, 0.3) is 0 Å². The minimum atomic E-state index is -4.17. The molecule has 0 amide bonds. The van der Waals surface area contributed by atoms with Gasteiger partial charge in [0.1, 0.15) is 5.69 Å². The van der Waals surface area contributed by atoms with Crippen LogP contribution in [0.3, 0.4) is 0 Å². The Balaban J connectivity index is 1.87. The van der Waals surface area contributed by atoms with Gasteiger partial charge in [0.15, 0.2) is 11.6 Å². The highest BCUT2D eigenvalue weighted by Gasteiger charge is 2.31. The SMILES string of the molecule is CS(=O)(=O)N1CCN(S(=O)(=O)Nc2ccc(F)c(F)c2Nc2ccc(I)cc2Cl)CC1. The fourth-order valence-corrected chi connectivity index (χ4v) is 5.88.